The average Bonchev–Trinajstić information content (AvgIpc) is 2.66. The van der Waals surface area contributed by atoms with Gasteiger partial charge in [0.15, 0.2) is 0 Å². The zero-order valence-electron chi connectivity index (χ0n) is 16.0. The molecule has 2 aromatic rings. The standard InChI is InChI=1S/C20H24N4O4/c1-14-7-8-17(24(27)28)20(15(14)2)21-19(26)13-22-9-11-23(12-10-22)16-5-3-4-6-18(16)25/h3-8,25H,9-13H2,1-2H3,(H,21,26). The van der Waals surface area contributed by atoms with E-state index in [1.54, 1.807) is 25.1 Å². The Balaban J connectivity index is 1.61. The van der Waals surface area contributed by atoms with E-state index in [9.17, 15) is 20.0 Å². The second kappa shape index (κ2) is 8.26. The maximum Gasteiger partial charge on any atom is 0.293 e. The maximum atomic E-state index is 12.5. The highest BCUT2D eigenvalue weighted by Gasteiger charge is 2.23. The van der Waals surface area contributed by atoms with Crippen LogP contribution in [-0.2, 0) is 4.79 Å². The van der Waals surface area contributed by atoms with E-state index in [0.717, 1.165) is 11.3 Å². The molecule has 3 rings (SSSR count). The normalized spacial score (nSPS) is 14.7. The molecule has 0 unspecified atom stereocenters. The Labute approximate surface area is 163 Å². The Hall–Kier alpha value is -3.13. The Morgan fingerprint density at radius 1 is 1.14 bits per heavy atom. The van der Waals surface area contributed by atoms with Gasteiger partial charge in [-0.3, -0.25) is 19.8 Å². The molecule has 8 heteroatoms. The van der Waals surface area contributed by atoms with Crippen molar-refractivity contribution in [2.24, 2.45) is 0 Å². The lowest BCUT2D eigenvalue weighted by Gasteiger charge is -2.35. The first-order valence-electron chi connectivity index (χ1n) is 9.16. The van der Waals surface area contributed by atoms with Crippen molar-refractivity contribution in [2.75, 3.05) is 42.9 Å². The highest BCUT2D eigenvalue weighted by molar-refractivity contribution is 5.95. The summed E-state index contributed by atoms with van der Waals surface area (Å²) in [5.41, 5.74) is 2.55. The molecule has 0 radical (unpaired) electrons. The number of hydrogen-bond acceptors (Lipinski definition) is 6. The number of amides is 1. The number of piperazine rings is 1. The lowest BCUT2D eigenvalue weighted by Crippen LogP contribution is -2.48. The maximum absolute atomic E-state index is 12.5. The number of hydrogen-bond donors (Lipinski definition) is 2. The largest absolute Gasteiger partial charge is 0.506 e. The summed E-state index contributed by atoms with van der Waals surface area (Å²) in [6.45, 7) is 6.49. The number of para-hydroxylation sites is 2. The first-order valence-corrected chi connectivity index (χ1v) is 9.16. The number of nitro groups is 1. The van der Waals surface area contributed by atoms with Crippen LogP contribution in [0.25, 0.3) is 0 Å². The predicted octanol–water partition coefficient (Wildman–Crippen LogP) is 2.68. The van der Waals surface area contributed by atoms with Crippen LogP contribution in [-0.4, -0.2) is 53.6 Å². The van der Waals surface area contributed by atoms with Crippen LogP contribution in [0.1, 0.15) is 11.1 Å². The molecule has 0 aliphatic carbocycles. The number of carbonyl (C=O) groups is 1. The van der Waals surface area contributed by atoms with Gasteiger partial charge in [0, 0.05) is 32.2 Å². The van der Waals surface area contributed by atoms with Crippen LogP contribution in [0, 0.1) is 24.0 Å². The number of nitro benzene ring substituents is 1. The van der Waals surface area contributed by atoms with Gasteiger partial charge in [0.25, 0.3) is 5.69 Å². The number of nitrogens with one attached hydrogen (secondary N) is 1. The molecule has 8 nitrogen and oxygen atoms in total. The molecule has 1 aliphatic heterocycles. The predicted molar refractivity (Wildman–Crippen MR) is 108 cm³/mol. The van der Waals surface area contributed by atoms with E-state index < -0.39 is 4.92 Å². The smallest absolute Gasteiger partial charge is 0.293 e. The molecular weight excluding hydrogens is 360 g/mol. The van der Waals surface area contributed by atoms with Gasteiger partial charge < -0.3 is 15.3 Å². The third-order valence-electron chi connectivity index (χ3n) is 5.14. The van der Waals surface area contributed by atoms with Crippen molar-refractivity contribution in [2.45, 2.75) is 13.8 Å². The molecule has 1 saturated heterocycles. The number of aryl methyl sites for hydroxylation is 1. The molecule has 0 spiro atoms. The van der Waals surface area contributed by atoms with Crippen molar-refractivity contribution in [1.82, 2.24) is 4.90 Å². The number of rotatable bonds is 5. The van der Waals surface area contributed by atoms with Crippen LogP contribution in [0.4, 0.5) is 17.1 Å². The van der Waals surface area contributed by atoms with Gasteiger partial charge in [0.1, 0.15) is 11.4 Å². The fraction of sp³-hybridized carbons (Fsp3) is 0.350. The minimum atomic E-state index is -0.479. The third kappa shape index (κ3) is 4.23. The zero-order valence-corrected chi connectivity index (χ0v) is 16.0. The highest BCUT2D eigenvalue weighted by atomic mass is 16.6. The molecule has 1 aliphatic rings. The third-order valence-corrected chi connectivity index (χ3v) is 5.14. The second-order valence-electron chi connectivity index (χ2n) is 6.96. The van der Waals surface area contributed by atoms with Crippen molar-refractivity contribution in [1.29, 1.82) is 0 Å². The van der Waals surface area contributed by atoms with Gasteiger partial charge in [-0.05, 0) is 37.1 Å². The average molecular weight is 384 g/mol. The molecule has 148 valence electrons. The summed E-state index contributed by atoms with van der Waals surface area (Å²) in [4.78, 5) is 27.4. The van der Waals surface area contributed by atoms with Crippen molar-refractivity contribution in [3.63, 3.8) is 0 Å². The van der Waals surface area contributed by atoms with Crippen LogP contribution in [0.3, 0.4) is 0 Å². The van der Waals surface area contributed by atoms with E-state index in [2.05, 4.69) is 10.2 Å². The molecule has 2 N–H and O–H groups in total. The minimum absolute atomic E-state index is 0.0965. The van der Waals surface area contributed by atoms with Gasteiger partial charge in [-0.25, -0.2) is 0 Å². The molecule has 28 heavy (non-hydrogen) atoms. The number of carbonyl (C=O) groups excluding carboxylic acids is 1. The van der Waals surface area contributed by atoms with Crippen molar-refractivity contribution >= 4 is 23.0 Å². The summed E-state index contributed by atoms with van der Waals surface area (Å²) in [6, 6.07) is 10.3. The van der Waals surface area contributed by atoms with Gasteiger partial charge in [0.05, 0.1) is 17.2 Å². The van der Waals surface area contributed by atoms with Crippen molar-refractivity contribution in [3.8, 4) is 5.75 Å². The molecule has 0 atom stereocenters. The lowest BCUT2D eigenvalue weighted by atomic mass is 10.1. The van der Waals surface area contributed by atoms with Crippen LogP contribution >= 0.6 is 0 Å². The van der Waals surface area contributed by atoms with Crippen molar-refractivity contribution < 1.29 is 14.8 Å². The van der Waals surface area contributed by atoms with Crippen LogP contribution in [0.2, 0.25) is 0 Å². The number of phenolic OH excluding ortho intramolecular Hbond substituents is 1. The Bertz CT molecular complexity index is 892. The van der Waals surface area contributed by atoms with Gasteiger partial charge >= 0.3 is 0 Å². The van der Waals surface area contributed by atoms with E-state index in [0.29, 0.717) is 31.7 Å². The highest BCUT2D eigenvalue weighted by Crippen LogP contribution is 2.30. The van der Waals surface area contributed by atoms with Gasteiger partial charge in [-0.1, -0.05) is 18.2 Å². The molecular formula is C20H24N4O4. The molecule has 2 aromatic carbocycles. The van der Waals surface area contributed by atoms with Gasteiger partial charge in [-0.2, -0.15) is 0 Å². The van der Waals surface area contributed by atoms with Crippen LogP contribution < -0.4 is 10.2 Å². The van der Waals surface area contributed by atoms with Gasteiger partial charge in [0.2, 0.25) is 5.91 Å². The summed E-state index contributed by atoms with van der Waals surface area (Å²) in [5, 5.41) is 24.0. The number of phenols is 1. The Morgan fingerprint density at radius 2 is 1.82 bits per heavy atom. The summed E-state index contributed by atoms with van der Waals surface area (Å²) >= 11 is 0. The summed E-state index contributed by atoms with van der Waals surface area (Å²) in [7, 11) is 0. The van der Waals surface area contributed by atoms with E-state index in [4.69, 9.17) is 0 Å². The Morgan fingerprint density at radius 3 is 2.46 bits per heavy atom. The fourth-order valence-electron chi connectivity index (χ4n) is 3.37. The summed E-state index contributed by atoms with van der Waals surface area (Å²) < 4.78 is 0. The summed E-state index contributed by atoms with van der Waals surface area (Å²) in [6.07, 6.45) is 0. The monoisotopic (exact) mass is 384 g/mol. The zero-order chi connectivity index (χ0) is 20.3. The molecule has 0 aromatic heterocycles. The molecule has 1 heterocycles. The number of benzene rings is 2. The number of anilines is 2. The van der Waals surface area contributed by atoms with Gasteiger partial charge in [-0.15, -0.1) is 0 Å². The Kier molecular flexibility index (Phi) is 5.79. The second-order valence-corrected chi connectivity index (χ2v) is 6.96. The number of aromatic hydroxyl groups is 1. The van der Waals surface area contributed by atoms with E-state index in [1.807, 2.05) is 24.0 Å². The van der Waals surface area contributed by atoms with Crippen LogP contribution in [0.5, 0.6) is 5.75 Å². The molecule has 1 amide bonds. The van der Waals surface area contributed by atoms with Crippen LogP contribution in [0.15, 0.2) is 36.4 Å². The van der Waals surface area contributed by atoms with Crippen molar-refractivity contribution in [3.05, 3.63) is 57.6 Å². The quantitative estimate of drug-likeness (QED) is 0.607. The fourth-order valence-corrected chi connectivity index (χ4v) is 3.37. The van der Waals surface area contributed by atoms with E-state index in [1.165, 1.54) is 6.07 Å². The SMILES string of the molecule is Cc1ccc([N+](=O)[O-])c(NC(=O)CN2CCN(c3ccccc3O)CC2)c1C. The minimum Gasteiger partial charge on any atom is -0.506 e. The van der Waals surface area contributed by atoms with E-state index in [-0.39, 0.29) is 29.6 Å². The lowest BCUT2D eigenvalue weighted by molar-refractivity contribution is -0.384. The van der Waals surface area contributed by atoms with E-state index >= 15 is 0 Å². The first kappa shape index (κ1) is 19.6. The number of nitrogens with zero attached hydrogens (tertiary/aromatic N) is 3. The molecule has 0 bridgehead atoms. The molecule has 1 fully saturated rings. The summed E-state index contributed by atoms with van der Waals surface area (Å²) in [5.74, 6) is -0.0243. The first-order chi connectivity index (χ1) is 13.4. The molecule has 0 saturated carbocycles. The topological polar surface area (TPSA) is 99.0 Å².